The van der Waals surface area contributed by atoms with Gasteiger partial charge in [0, 0.05) is 32.5 Å². The summed E-state index contributed by atoms with van der Waals surface area (Å²) in [6.45, 7) is 4.01. The minimum atomic E-state index is 0.284. The van der Waals surface area contributed by atoms with Gasteiger partial charge in [-0.05, 0) is 19.1 Å². The Morgan fingerprint density at radius 3 is 2.89 bits per heavy atom. The lowest BCUT2D eigenvalue weighted by Gasteiger charge is -2.06. The summed E-state index contributed by atoms with van der Waals surface area (Å²) in [6.07, 6.45) is 0.875. The van der Waals surface area contributed by atoms with Crippen LogP contribution >= 0.6 is 11.8 Å². The van der Waals surface area contributed by atoms with Crippen LogP contribution < -0.4 is 10.1 Å². The Labute approximate surface area is 113 Å². The van der Waals surface area contributed by atoms with Crippen molar-refractivity contribution in [1.29, 1.82) is 0 Å². The normalized spacial score (nSPS) is 10.9. The molecule has 0 spiro atoms. The van der Waals surface area contributed by atoms with E-state index in [0.29, 0.717) is 0 Å². The quantitative estimate of drug-likeness (QED) is 0.656. The van der Waals surface area contributed by atoms with Crippen LogP contribution in [0.15, 0.2) is 0 Å². The van der Waals surface area contributed by atoms with E-state index in [1.54, 1.807) is 11.8 Å². The van der Waals surface area contributed by atoms with Gasteiger partial charge in [-0.3, -0.25) is 0 Å². The predicted molar refractivity (Wildman–Crippen MR) is 75.2 cm³/mol. The number of nitrogens with zero attached hydrogens (tertiary/aromatic N) is 2. The monoisotopic (exact) mass is 273 g/mol. The first kappa shape index (κ1) is 15.3. The summed E-state index contributed by atoms with van der Waals surface area (Å²) < 4.78 is 7.10. The Bertz CT molecular complexity index is 355. The third-order valence-electron chi connectivity index (χ3n) is 2.65. The second-order valence-electron chi connectivity index (χ2n) is 4.06. The van der Waals surface area contributed by atoms with Gasteiger partial charge in [-0.2, -0.15) is 16.9 Å². The van der Waals surface area contributed by atoms with Crippen molar-refractivity contribution in [1.82, 2.24) is 15.1 Å². The van der Waals surface area contributed by atoms with E-state index >= 15 is 0 Å². The molecule has 0 unspecified atom stereocenters. The van der Waals surface area contributed by atoms with E-state index in [1.807, 2.05) is 25.7 Å². The van der Waals surface area contributed by atoms with Crippen LogP contribution in [-0.4, -0.2) is 46.7 Å². The van der Waals surface area contributed by atoms with Crippen LogP contribution in [-0.2, 0) is 13.6 Å². The number of thioether (sulfide) groups is 1. The molecular formula is C12H23N3O2S. The lowest BCUT2D eigenvalue weighted by molar-refractivity contribution is 0.296. The van der Waals surface area contributed by atoms with Crippen LogP contribution in [0, 0.1) is 6.92 Å². The second kappa shape index (κ2) is 8.39. The molecule has 0 saturated carbocycles. The summed E-state index contributed by atoms with van der Waals surface area (Å²) in [6, 6.07) is 0. The number of aryl methyl sites for hydroxylation is 2. The highest BCUT2D eigenvalue weighted by Gasteiger charge is 2.12. The van der Waals surface area contributed by atoms with Gasteiger partial charge in [0.2, 0.25) is 5.88 Å². The summed E-state index contributed by atoms with van der Waals surface area (Å²) >= 11 is 1.86. The van der Waals surface area contributed by atoms with Gasteiger partial charge < -0.3 is 15.2 Å². The van der Waals surface area contributed by atoms with Crippen LogP contribution in [0.1, 0.15) is 17.7 Å². The molecule has 0 bridgehead atoms. The van der Waals surface area contributed by atoms with Gasteiger partial charge in [0.05, 0.1) is 18.4 Å². The highest BCUT2D eigenvalue weighted by Crippen LogP contribution is 2.20. The van der Waals surface area contributed by atoms with E-state index < -0.39 is 0 Å². The summed E-state index contributed by atoms with van der Waals surface area (Å²) in [5.74, 6) is 2.91. The standard InChI is InChI=1S/C12H23N3O2S/c1-10-11(12(17-3)15(2)14-10)9-13-5-8-18-7-4-6-16/h13,16H,4-9H2,1-3H3. The molecule has 0 aliphatic heterocycles. The van der Waals surface area contributed by atoms with E-state index in [4.69, 9.17) is 9.84 Å². The largest absolute Gasteiger partial charge is 0.481 e. The van der Waals surface area contributed by atoms with Crippen molar-refractivity contribution in [2.75, 3.05) is 31.8 Å². The third kappa shape index (κ3) is 4.51. The zero-order valence-electron chi connectivity index (χ0n) is 11.4. The smallest absolute Gasteiger partial charge is 0.216 e. The molecule has 0 atom stereocenters. The molecule has 0 fully saturated rings. The Morgan fingerprint density at radius 2 is 2.22 bits per heavy atom. The van der Waals surface area contributed by atoms with Crippen molar-refractivity contribution in [3.63, 3.8) is 0 Å². The van der Waals surface area contributed by atoms with E-state index in [9.17, 15) is 0 Å². The topological polar surface area (TPSA) is 59.3 Å². The number of ether oxygens (including phenoxy) is 1. The van der Waals surface area contributed by atoms with Gasteiger partial charge in [0.25, 0.3) is 0 Å². The highest BCUT2D eigenvalue weighted by atomic mass is 32.2. The molecule has 0 saturated heterocycles. The molecule has 104 valence electrons. The molecule has 1 heterocycles. The SMILES string of the molecule is COc1c(CNCCSCCCO)c(C)nn1C. The molecule has 0 aromatic carbocycles. The number of hydrogen-bond acceptors (Lipinski definition) is 5. The molecule has 1 aromatic heterocycles. The van der Waals surface area contributed by atoms with Crippen molar-refractivity contribution in [2.24, 2.45) is 7.05 Å². The predicted octanol–water partition coefficient (Wildman–Crippen LogP) is 0.942. The highest BCUT2D eigenvalue weighted by molar-refractivity contribution is 7.99. The molecule has 0 radical (unpaired) electrons. The zero-order chi connectivity index (χ0) is 13.4. The van der Waals surface area contributed by atoms with E-state index in [-0.39, 0.29) is 6.61 Å². The molecular weight excluding hydrogens is 250 g/mol. The van der Waals surface area contributed by atoms with E-state index in [2.05, 4.69) is 10.4 Å². The van der Waals surface area contributed by atoms with Gasteiger partial charge in [-0.15, -0.1) is 0 Å². The lowest BCUT2D eigenvalue weighted by Crippen LogP contribution is -2.17. The molecule has 5 nitrogen and oxygen atoms in total. The summed E-state index contributed by atoms with van der Waals surface area (Å²) in [4.78, 5) is 0. The number of hydrogen-bond donors (Lipinski definition) is 2. The zero-order valence-corrected chi connectivity index (χ0v) is 12.2. The van der Waals surface area contributed by atoms with Crippen LogP contribution in [0.2, 0.25) is 0 Å². The number of aliphatic hydroxyl groups excluding tert-OH is 1. The Morgan fingerprint density at radius 1 is 1.44 bits per heavy atom. The van der Waals surface area contributed by atoms with Crippen molar-refractivity contribution >= 4 is 11.8 Å². The van der Waals surface area contributed by atoms with Gasteiger partial charge >= 0.3 is 0 Å². The molecule has 6 heteroatoms. The Kier molecular flexibility index (Phi) is 7.15. The molecule has 1 rings (SSSR count). The maximum Gasteiger partial charge on any atom is 0.216 e. The number of methoxy groups -OCH3 is 1. The van der Waals surface area contributed by atoms with Gasteiger partial charge in [0.1, 0.15) is 0 Å². The Hall–Kier alpha value is -0.720. The van der Waals surface area contributed by atoms with Crippen molar-refractivity contribution in [3.05, 3.63) is 11.3 Å². The van der Waals surface area contributed by atoms with E-state index in [0.717, 1.165) is 48.2 Å². The maximum absolute atomic E-state index is 8.66. The first-order valence-corrected chi connectivity index (χ1v) is 7.32. The second-order valence-corrected chi connectivity index (χ2v) is 5.29. The van der Waals surface area contributed by atoms with Gasteiger partial charge in [0.15, 0.2) is 0 Å². The first-order chi connectivity index (χ1) is 8.70. The fourth-order valence-electron chi connectivity index (χ4n) is 1.77. The van der Waals surface area contributed by atoms with Gasteiger partial charge in [-0.25, -0.2) is 4.68 Å². The molecule has 2 N–H and O–H groups in total. The average molecular weight is 273 g/mol. The van der Waals surface area contributed by atoms with Crippen molar-refractivity contribution in [2.45, 2.75) is 19.9 Å². The van der Waals surface area contributed by atoms with E-state index in [1.165, 1.54) is 0 Å². The summed E-state index contributed by atoms with van der Waals surface area (Å²) in [5.41, 5.74) is 2.13. The summed E-state index contributed by atoms with van der Waals surface area (Å²) in [5, 5.41) is 16.4. The Balaban J connectivity index is 2.27. The molecule has 18 heavy (non-hydrogen) atoms. The number of aliphatic hydroxyl groups is 1. The summed E-state index contributed by atoms with van der Waals surface area (Å²) in [7, 11) is 3.56. The minimum Gasteiger partial charge on any atom is -0.481 e. The molecule has 0 aliphatic carbocycles. The molecule has 0 aliphatic rings. The first-order valence-electron chi connectivity index (χ1n) is 6.16. The number of aromatic nitrogens is 2. The van der Waals surface area contributed by atoms with Crippen LogP contribution in [0.5, 0.6) is 5.88 Å². The van der Waals surface area contributed by atoms with Crippen molar-refractivity contribution < 1.29 is 9.84 Å². The van der Waals surface area contributed by atoms with Crippen LogP contribution in [0.3, 0.4) is 0 Å². The molecule has 0 amide bonds. The number of rotatable bonds is 9. The lowest BCUT2D eigenvalue weighted by atomic mass is 10.2. The average Bonchev–Trinajstić information content (AvgIpc) is 2.62. The fraction of sp³-hybridized carbons (Fsp3) is 0.750. The third-order valence-corrected chi connectivity index (χ3v) is 3.72. The van der Waals surface area contributed by atoms with Crippen LogP contribution in [0.4, 0.5) is 0 Å². The fourth-order valence-corrected chi connectivity index (χ4v) is 2.59. The molecule has 1 aromatic rings. The van der Waals surface area contributed by atoms with Crippen molar-refractivity contribution in [3.8, 4) is 5.88 Å². The minimum absolute atomic E-state index is 0.284. The maximum atomic E-state index is 8.66. The van der Waals surface area contributed by atoms with Gasteiger partial charge in [-0.1, -0.05) is 0 Å². The number of nitrogens with one attached hydrogen (secondary N) is 1. The van der Waals surface area contributed by atoms with Crippen LogP contribution in [0.25, 0.3) is 0 Å².